The van der Waals surface area contributed by atoms with Gasteiger partial charge in [0.25, 0.3) is 0 Å². The summed E-state index contributed by atoms with van der Waals surface area (Å²) in [5.74, 6) is 0.428. The molecule has 6 heteroatoms. The Bertz CT molecular complexity index is 614. The average Bonchev–Trinajstić information content (AvgIpc) is 2.86. The van der Waals surface area contributed by atoms with Gasteiger partial charge in [-0.1, -0.05) is 38.1 Å². The minimum Gasteiger partial charge on any atom is -0.482 e. The van der Waals surface area contributed by atoms with Crippen molar-refractivity contribution in [1.82, 2.24) is 10.1 Å². The molecule has 0 spiro atoms. The molecule has 0 aliphatic rings. The lowest BCUT2D eigenvalue weighted by Crippen LogP contribution is -2.11. The number of rotatable bonds is 4. The van der Waals surface area contributed by atoms with Crippen molar-refractivity contribution in [2.24, 2.45) is 0 Å². The number of hydrogen-bond donors (Lipinski definition) is 1. The monoisotopic (exact) mass is 276 g/mol. The Kier molecular flexibility index (Phi) is 3.74. The van der Waals surface area contributed by atoms with E-state index >= 15 is 0 Å². The molecule has 1 aromatic carbocycles. The van der Waals surface area contributed by atoms with Crippen LogP contribution < -0.4 is 4.74 Å². The molecule has 1 aromatic heterocycles. The van der Waals surface area contributed by atoms with E-state index in [-0.39, 0.29) is 12.0 Å². The SMILES string of the molecule is CC(C)(C)c1nc(-c2cccc(OCC(=O)O)c2)no1. The molecule has 6 nitrogen and oxygen atoms in total. The molecule has 1 N–H and O–H groups in total. The Labute approximate surface area is 116 Å². The number of carboxylic acid groups (broad SMARTS) is 1. The van der Waals surface area contributed by atoms with Gasteiger partial charge in [0.05, 0.1) is 0 Å². The van der Waals surface area contributed by atoms with E-state index in [9.17, 15) is 4.79 Å². The first-order valence-electron chi connectivity index (χ1n) is 6.15. The van der Waals surface area contributed by atoms with E-state index in [1.807, 2.05) is 26.8 Å². The van der Waals surface area contributed by atoms with Gasteiger partial charge in [0.1, 0.15) is 5.75 Å². The fourth-order valence-corrected chi connectivity index (χ4v) is 1.52. The molecular weight excluding hydrogens is 260 g/mol. The topological polar surface area (TPSA) is 85.5 Å². The zero-order chi connectivity index (χ0) is 14.8. The number of aliphatic carboxylic acids is 1. The number of ether oxygens (including phenoxy) is 1. The Morgan fingerprint density at radius 2 is 2.15 bits per heavy atom. The Morgan fingerprint density at radius 1 is 1.40 bits per heavy atom. The van der Waals surface area contributed by atoms with Gasteiger partial charge in [-0.15, -0.1) is 0 Å². The van der Waals surface area contributed by atoms with Crippen LogP contribution in [0.3, 0.4) is 0 Å². The second-order valence-electron chi connectivity index (χ2n) is 5.38. The molecule has 0 saturated heterocycles. The van der Waals surface area contributed by atoms with Crippen LogP contribution in [0.2, 0.25) is 0 Å². The molecule has 0 aliphatic heterocycles. The molecule has 0 radical (unpaired) electrons. The molecule has 0 atom stereocenters. The van der Waals surface area contributed by atoms with Crippen molar-refractivity contribution >= 4 is 5.97 Å². The highest BCUT2D eigenvalue weighted by atomic mass is 16.5. The summed E-state index contributed by atoms with van der Waals surface area (Å²) < 4.78 is 10.3. The second kappa shape index (κ2) is 5.32. The van der Waals surface area contributed by atoms with Crippen molar-refractivity contribution < 1.29 is 19.2 Å². The fourth-order valence-electron chi connectivity index (χ4n) is 1.52. The van der Waals surface area contributed by atoms with Crippen LogP contribution in [0, 0.1) is 0 Å². The predicted octanol–water partition coefficient (Wildman–Crippen LogP) is 2.50. The first-order chi connectivity index (χ1) is 9.36. The zero-order valence-electron chi connectivity index (χ0n) is 11.6. The first kappa shape index (κ1) is 14.0. The predicted molar refractivity (Wildman–Crippen MR) is 71.6 cm³/mol. The Balaban J connectivity index is 2.22. The number of benzene rings is 1. The number of nitrogens with zero attached hydrogens (tertiary/aromatic N) is 2. The zero-order valence-corrected chi connectivity index (χ0v) is 11.6. The quantitative estimate of drug-likeness (QED) is 0.923. The van der Waals surface area contributed by atoms with Crippen molar-refractivity contribution in [3.63, 3.8) is 0 Å². The summed E-state index contributed by atoms with van der Waals surface area (Å²) in [6, 6.07) is 6.92. The Hall–Kier alpha value is -2.37. The van der Waals surface area contributed by atoms with Crippen LogP contribution in [0.15, 0.2) is 28.8 Å². The van der Waals surface area contributed by atoms with Gasteiger partial charge in [-0.3, -0.25) is 0 Å². The summed E-state index contributed by atoms with van der Waals surface area (Å²) >= 11 is 0. The highest BCUT2D eigenvalue weighted by Gasteiger charge is 2.22. The molecule has 2 rings (SSSR count). The van der Waals surface area contributed by atoms with Crippen molar-refractivity contribution in [1.29, 1.82) is 0 Å². The van der Waals surface area contributed by atoms with Gasteiger partial charge >= 0.3 is 5.97 Å². The number of hydrogen-bond acceptors (Lipinski definition) is 5. The highest BCUT2D eigenvalue weighted by Crippen LogP contribution is 2.25. The summed E-state index contributed by atoms with van der Waals surface area (Å²) in [4.78, 5) is 14.8. The van der Waals surface area contributed by atoms with Crippen LogP contribution in [-0.2, 0) is 10.2 Å². The number of aromatic nitrogens is 2. The molecule has 0 unspecified atom stereocenters. The fraction of sp³-hybridized carbons (Fsp3) is 0.357. The molecule has 20 heavy (non-hydrogen) atoms. The Morgan fingerprint density at radius 3 is 2.75 bits per heavy atom. The third kappa shape index (κ3) is 3.34. The van der Waals surface area contributed by atoms with Crippen LogP contribution in [0.4, 0.5) is 0 Å². The van der Waals surface area contributed by atoms with E-state index in [4.69, 9.17) is 14.4 Å². The van der Waals surface area contributed by atoms with Crippen LogP contribution in [0.25, 0.3) is 11.4 Å². The third-order valence-electron chi connectivity index (χ3n) is 2.52. The van der Waals surface area contributed by atoms with Gasteiger partial charge in [0.15, 0.2) is 6.61 Å². The van der Waals surface area contributed by atoms with Crippen molar-refractivity contribution in [2.75, 3.05) is 6.61 Å². The molecule has 0 fully saturated rings. The van der Waals surface area contributed by atoms with Crippen LogP contribution >= 0.6 is 0 Å². The minimum atomic E-state index is -1.02. The summed E-state index contributed by atoms with van der Waals surface area (Å²) in [5.41, 5.74) is 0.495. The van der Waals surface area contributed by atoms with Crippen molar-refractivity contribution in [3.05, 3.63) is 30.2 Å². The van der Waals surface area contributed by atoms with E-state index in [1.165, 1.54) is 0 Å². The molecule has 0 bridgehead atoms. The molecule has 2 aromatic rings. The molecule has 0 saturated carbocycles. The lowest BCUT2D eigenvalue weighted by atomic mass is 9.97. The molecule has 0 aliphatic carbocycles. The van der Waals surface area contributed by atoms with E-state index in [1.54, 1.807) is 18.2 Å². The van der Waals surface area contributed by atoms with E-state index in [0.29, 0.717) is 23.0 Å². The van der Waals surface area contributed by atoms with Crippen LogP contribution in [0.5, 0.6) is 5.75 Å². The minimum absolute atomic E-state index is 0.220. The summed E-state index contributed by atoms with van der Waals surface area (Å²) in [6.07, 6.45) is 0. The lowest BCUT2D eigenvalue weighted by Gasteiger charge is -2.10. The normalized spacial score (nSPS) is 11.3. The highest BCUT2D eigenvalue weighted by molar-refractivity contribution is 5.68. The van der Waals surface area contributed by atoms with Gasteiger partial charge in [0, 0.05) is 11.0 Å². The summed E-state index contributed by atoms with van der Waals surface area (Å²) in [5, 5.41) is 12.5. The lowest BCUT2D eigenvalue weighted by molar-refractivity contribution is -0.139. The number of carboxylic acids is 1. The summed E-state index contributed by atoms with van der Waals surface area (Å²) in [7, 11) is 0. The van der Waals surface area contributed by atoms with E-state index in [2.05, 4.69) is 10.1 Å². The van der Waals surface area contributed by atoms with Crippen molar-refractivity contribution in [2.45, 2.75) is 26.2 Å². The van der Waals surface area contributed by atoms with Gasteiger partial charge in [-0.25, -0.2) is 4.79 Å². The van der Waals surface area contributed by atoms with E-state index in [0.717, 1.165) is 0 Å². The maximum absolute atomic E-state index is 10.5. The maximum atomic E-state index is 10.5. The van der Waals surface area contributed by atoms with Gasteiger partial charge < -0.3 is 14.4 Å². The summed E-state index contributed by atoms with van der Waals surface area (Å²) in [6.45, 7) is 5.56. The maximum Gasteiger partial charge on any atom is 0.341 e. The molecule has 106 valence electrons. The molecule has 1 heterocycles. The third-order valence-corrected chi connectivity index (χ3v) is 2.52. The van der Waals surface area contributed by atoms with Crippen LogP contribution in [-0.4, -0.2) is 27.8 Å². The smallest absolute Gasteiger partial charge is 0.341 e. The standard InChI is InChI=1S/C14H16N2O4/c1-14(2,3)13-15-12(16-20-13)9-5-4-6-10(7-9)19-8-11(17)18/h4-7H,8H2,1-3H3,(H,17,18). The van der Waals surface area contributed by atoms with Gasteiger partial charge in [-0.2, -0.15) is 4.98 Å². The number of carbonyl (C=O) groups is 1. The molecular formula is C14H16N2O4. The first-order valence-corrected chi connectivity index (χ1v) is 6.15. The van der Waals surface area contributed by atoms with Gasteiger partial charge in [-0.05, 0) is 12.1 Å². The van der Waals surface area contributed by atoms with Gasteiger partial charge in [0.2, 0.25) is 11.7 Å². The largest absolute Gasteiger partial charge is 0.482 e. The van der Waals surface area contributed by atoms with Crippen LogP contribution in [0.1, 0.15) is 26.7 Å². The second-order valence-corrected chi connectivity index (χ2v) is 5.38. The molecule has 0 amide bonds. The van der Waals surface area contributed by atoms with Crippen molar-refractivity contribution in [3.8, 4) is 17.1 Å². The van der Waals surface area contributed by atoms with E-state index < -0.39 is 5.97 Å². The average molecular weight is 276 g/mol.